The zero-order valence-corrected chi connectivity index (χ0v) is 12.0. The third kappa shape index (κ3) is 4.30. The maximum atomic E-state index is 5.48. The van der Waals surface area contributed by atoms with Crippen LogP contribution in [0.3, 0.4) is 0 Å². The van der Waals surface area contributed by atoms with Crippen LogP contribution in [0, 0.1) is 0 Å². The van der Waals surface area contributed by atoms with Crippen molar-refractivity contribution in [2.24, 2.45) is 0 Å². The zero-order valence-electron chi connectivity index (χ0n) is 12.0. The maximum absolute atomic E-state index is 5.48. The molecule has 2 atom stereocenters. The van der Waals surface area contributed by atoms with E-state index in [9.17, 15) is 0 Å². The van der Waals surface area contributed by atoms with Crippen molar-refractivity contribution < 1.29 is 9.47 Å². The van der Waals surface area contributed by atoms with E-state index in [-0.39, 0.29) is 0 Å². The van der Waals surface area contributed by atoms with Gasteiger partial charge in [0.05, 0.1) is 24.7 Å². The number of methoxy groups -OCH3 is 2. The minimum absolute atomic E-state index is 0.407. The number of rotatable bonds is 7. The Balaban J connectivity index is 1.82. The second kappa shape index (κ2) is 7.62. The molecule has 1 aromatic rings. The molecule has 0 saturated heterocycles. The Morgan fingerprint density at radius 3 is 3.11 bits per heavy atom. The molecule has 0 aliphatic heterocycles. The Hall–Kier alpha value is -0.910. The summed E-state index contributed by atoms with van der Waals surface area (Å²) in [4.78, 5) is 4.46. The molecule has 0 radical (unpaired) electrons. The molecule has 1 heterocycles. The van der Waals surface area contributed by atoms with Crippen LogP contribution < -0.4 is 5.32 Å². The molecule has 2 rings (SSSR count). The van der Waals surface area contributed by atoms with Crippen molar-refractivity contribution in [2.75, 3.05) is 27.4 Å². The first-order valence-electron chi connectivity index (χ1n) is 7.08. The van der Waals surface area contributed by atoms with Gasteiger partial charge in [-0.3, -0.25) is 0 Å². The third-order valence-electron chi connectivity index (χ3n) is 3.80. The second-order valence-corrected chi connectivity index (χ2v) is 5.16. The van der Waals surface area contributed by atoms with Gasteiger partial charge in [-0.05, 0) is 25.7 Å². The van der Waals surface area contributed by atoms with E-state index in [1.165, 1.54) is 19.3 Å². The van der Waals surface area contributed by atoms with E-state index < -0.39 is 0 Å². The number of hydrogen-bond acceptors (Lipinski definition) is 4. The highest BCUT2D eigenvalue weighted by molar-refractivity contribution is 4.98. The minimum atomic E-state index is 0.407. The number of ether oxygens (including phenoxy) is 2. The summed E-state index contributed by atoms with van der Waals surface area (Å²) >= 11 is 0. The molecule has 1 fully saturated rings. The van der Waals surface area contributed by atoms with Gasteiger partial charge >= 0.3 is 0 Å². The van der Waals surface area contributed by atoms with Crippen LogP contribution in [0.25, 0.3) is 0 Å². The molecule has 0 amide bonds. The van der Waals surface area contributed by atoms with Gasteiger partial charge in [0.2, 0.25) is 0 Å². The molecule has 1 aromatic heterocycles. The molecule has 1 aliphatic rings. The normalized spacial score (nSPS) is 23.7. The Bertz CT molecular complexity index is 367. The summed E-state index contributed by atoms with van der Waals surface area (Å²) in [6.45, 7) is 2.40. The molecule has 108 valence electrons. The SMILES string of the molecule is COCCNCc1cn(C2CCCC(OC)C2)cn1. The molecule has 1 N–H and O–H groups in total. The Morgan fingerprint density at radius 2 is 2.32 bits per heavy atom. The van der Waals surface area contributed by atoms with Crippen LogP contribution in [0.1, 0.15) is 37.4 Å². The molecule has 1 aliphatic carbocycles. The van der Waals surface area contributed by atoms with Crippen LogP contribution in [0.5, 0.6) is 0 Å². The van der Waals surface area contributed by atoms with Gasteiger partial charge in [0, 0.05) is 39.5 Å². The average molecular weight is 267 g/mol. The van der Waals surface area contributed by atoms with Gasteiger partial charge in [-0.2, -0.15) is 0 Å². The van der Waals surface area contributed by atoms with E-state index in [0.29, 0.717) is 12.1 Å². The Morgan fingerprint density at radius 1 is 1.42 bits per heavy atom. The van der Waals surface area contributed by atoms with Crippen LogP contribution in [0.2, 0.25) is 0 Å². The van der Waals surface area contributed by atoms with Crippen molar-refractivity contribution in [3.63, 3.8) is 0 Å². The maximum Gasteiger partial charge on any atom is 0.0952 e. The molecule has 19 heavy (non-hydrogen) atoms. The molecular weight excluding hydrogens is 242 g/mol. The highest BCUT2D eigenvalue weighted by Gasteiger charge is 2.22. The molecule has 0 bridgehead atoms. The third-order valence-corrected chi connectivity index (χ3v) is 3.80. The first kappa shape index (κ1) is 14.5. The lowest BCUT2D eigenvalue weighted by atomic mass is 9.93. The first-order valence-corrected chi connectivity index (χ1v) is 7.08. The molecule has 2 unspecified atom stereocenters. The van der Waals surface area contributed by atoms with Crippen molar-refractivity contribution in [1.82, 2.24) is 14.9 Å². The number of imidazole rings is 1. The van der Waals surface area contributed by atoms with Gasteiger partial charge in [0.25, 0.3) is 0 Å². The van der Waals surface area contributed by atoms with Crippen molar-refractivity contribution in [3.05, 3.63) is 18.2 Å². The van der Waals surface area contributed by atoms with Crippen LogP contribution in [0.4, 0.5) is 0 Å². The van der Waals surface area contributed by atoms with Gasteiger partial charge in [-0.1, -0.05) is 0 Å². The highest BCUT2D eigenvalue weighted by Crippen LogP contribution is 2.29. The van der Waals surface area contributed by atoms with Gasteiger partial charge in [0.15, 0.2) is 0 Å². The zero-order chi connectivity index (χ0) is 13.5. The van der Waals surface area contributed by atoms with E-state index in [1.807, 2.05) is 13.4 Å². The molecule has 0 aromatic carbocycles. The van der Waals surface area contributed by atoms with Crippen molar-refractivity contribution in [3.8, 4) is 0 Å². The fraction of sp³-hybridized carbons (Fsp3) is 0.786. The summed E-state index contributed by atoms with van der Waals surface area (Å²) in [5, 5.41) is 3.31. The van der Waals surface area contributed by atoms with Crippen molar-refractivity contribution in [1.29, 1.82) is 0 Å². The van der Waals surface area contributed by atoms with Crippen LogP contribution in [-0.2, 0) is 16.0 Å². The lowest BCUT2D eigenvalue weighted by Gasteiger charge is -2.28. The standard InChI is InChI=1S/C14H25N3O2/c1-18-7-6-15-9-12-10-17(11-16-12)13-4-3-5-14(8-13)19-2/h10-11,13-15H,3-9H2,1-2H3. The van der Waals surface area contributed by atoms with Gasteiger partial charge < -0.3 is 19.4 Å². The molecule has 1 saturated carbocycles. The topological polar surface area (TPSA) is 48.3 Å². The molecule has 0 spiro atoms. The summed E-state index contributed by atoms with van der Waals surface area (Å²) in [6, 6.07) is 0.541. The summed E-state index contributed by atoms with van der Waals surface area (Å²) in [7, 11) is 3.53. The van der Waals surface area contributed by atoms with E-state index in [0.717, 1.165) is 31.8 Å². The molecule has 5 nitrogen and oxygen atoms in total. The summed E-state index contributed by atoms with van der Waals surface area (Å²) < 4.78 is 12.7. The lowest BCUT2D eigenvalue weighted by Crippen LogP contribution is -2.23. The average Bonchev–Trinajstić information content (AvgIpc) is 2.92. The quantitative estimate of drug-likeness (QED) is 0.765. The van der Waals surface area contributed by atoms with Gasteiger partial charge in [-0.15, -0.1) is 0 Å². The van der Waals surface area contributed by atoms with Crippen molar-refractivity contribution in [2.45, 2.75) is 44.4 Å². The monoisotopic (exact) mass is 267 g/mol. The fourth-order valence-electron chi connectivity index (χ4n) is 2.67. The summed E-state index contributed by atoms with van der Waals surface area (Å²) in [6.07, 6.45) is 9.27. The predicted molar refractivity (Wildman–Crippen MR) is 74.1 cm³/mol. The Labute approximate surface area is 115 Å². The largest absolute Gasteiger partial charge is 0.383 e. The first-order chi connectivity index (χ1) is 9.33. The van der Waals surface area contributed by atoms with E-state index >= 15 is 0 Å². The predicted octanol–water partition coefficient (Wildman–Crippen LogP) is 1.75. The minimum Gasteiger partial charge on any atom is -0.383 e. The van der Waals surface area contributed by atoms with E-state index in [1.54, 1.807) is 7.11 Å². The Kier molecular flexibility index (Phi) is 5.82. The fourth-order valence-corrected chi connectivity index (χ4v) is 2.67. The van der Waals surface area contributed by atoms with E-state index in [2.05, 4.69) is 21.1 Å². The highest BCUT2D eigenvalue weighted by atomic mass is 16.5. The van der Waals surface area contributed by atoms with Crippen LogP contribution in [-0.4, -0.2) is 43.0 Å². The van der Waals surface area contributed by atoms with Gasteiger partial charge in [-0.25, -0.2) is 4.98 Å². The molecule has 5 heteroatoms. The van der Waals surface area contributed by atoms with Crippen LogP contribution in [0.15, 0.2) is 12.5 Å². The lowest BCUT2D eigenvalue weighted by molar-refractivity contribution is 0.0530. The van der Waals surface area contributed by atoms with Crippen molar-refractivity contribution >= 4 is 0 Å². The number of aromatic nitrogens is 2. The number of nitrogens with one attached hydrogen (secondary N) is 1. The number of hydrogen-bond donors (Lipinski definition) is 1. The number of nitrogens with zero attached hydrogens (tertiary/aromatic N) is 2. The van der Waals surface area contributed by atoms with Crippen LogP contribution >= 0.6 is 0 Å². The summed E-state index contributed by atoms with van der Waals surface area (Å²) in [5.41, 5.74) is 1.09. The summed E-state index contributed by atoms with van der Waals surface area (Å²) in [5.74, 6) is 0. The van der Waals surface area contributed by atoms with Gasteiger partial charge in [0.1, 0.15) is 0 Å². The van der Waals surface area contributed by atoms with E-state index in [4.69, 9.17) is 9.47 Å². The second-order valence-electron chi connectivity index (χ2n) is 5.16. The molecular formula is C14H25N3O2. The smallest absolute Gasteiger partial charge is 0.0952 e.